The van der Waals surface area contributed by atoms with E-state index < -0.39 is 0 Å². The Morgan fingerprint density at radius 1 is 1.41 bits per heavy atom. The Kier molecular flexibility index (Phi) is 3.97. The molecule has 2 rings (SSSR count). The fourth-order valence-electron chi connectivity index (χ4n) is 1.76. The molecule has 1 aromatic carbocycles. The Labute approximate surface area is 113 Å². The molecule has 0 aliphatic rings. The molecule has 0 radical (unpaired) electrons. The maximum absolute atomic E-state index is 13.1. The van der Waals surface area contributed by atoms with Gasteiger partial charge < -0.3 is 5.73 Å². The Balaban J connectivity index is 2.16. The molecule has 2 N–H and O–H groups in total. The number of aryl methyl sites for hydroxylation is 1. The molecule has 0 bridgehead atoms. The van der Waals surface area contributed by atoms with Crippen LogP contribution in [0.5, 0.6) is 0 Å². The number of benzene rings is 1. The fourth-order valence-corrected chi connectivity index (χ4v) is 3.71. The molecule has 4 heteroatoms. The van der Waals surface area contributed by atoms with Crippen LogP contribution in [0.1, 0.15) is 21.4 Å². The number of halogens is 2. The molecule has 0 amide bonds. The first-order valence-corrected chi connectivity index (χ1v) is 6.93. The molecule has 0 spiro atoms. The van der Waals surface area contributed by atoms with Crippen LogP contribution in [0.3, 0.4) is 0 Å². The predicted molar refractivity (Wildman–Crippen MR) is 73.8 cm³/mol. The van der Waals surface area contributed by atoms with Crippen molar-refractivity contribution in [1.82, 2.24) is 0 Å². The molecule has 0 fully saturated rings. The van der Waals surface area contributed by atoms with E-state index in [4.69, 9.17) is 5.73 Å². The SMILES string of the molecule is Cc1cc(Br)c(C(N)Cc2cccc(F)c2)s1. The van der Waals surface area contributed by atoms with E-state index in [9.17, 15) is 4.39 Å². The molecule has 0 aliphatic carbocycles. The van der Waals surface area contributed by atoms with E-state index >= 15 is 0 Å². The summed E-state index contributed by atoms with van der Waals surface area (Å²) < 4.78 is 14.1. The van der Waals surface area contributed by atoms with Crippen LogP contribution in [-0.4, -0.2) is 0 Å². The Morgan fingerprint density at radius 2 is 2.18 bits per heavy atom. The first kappa shape index (κ1) is 12.7. The number of rotatable bonds is 3. The minimum atomic E-state index is -0.212. The topological polar surface area (TPSA) is 26.0 Å². The predicted octanol–water partition coefficient (Wildman–Crippen LogP) is 4.20. The van der Waals surface area contributed by atoms with Gasteiger partial charge >= 0.3 is 0 Å². The first-order chi connectivity index (χ1) is 8.06. The maximum atomic E-state index is 13.1. The molecule has 0 saturated heterocycles. The van der Waals surface area contributed by atoms with E-state index in [1.54, 1.807) is 17.4 Å². The standard InChI is InChI=1S/C13H13BrFNS/c1-8-5-11(14)13(17-8)12(16)7-9-3-2-4-10(15)6-9/h2-6,12H,7,16H2,1H3. The molecule has 17 heavy (non-hydrogen) atoms. The average molecular weight is 314 g/mol. The lowest BCUT2D eigenvalue weighted by Gasteiger charge is -2.10. The lowest BCUT2D eigenvalue weighted by molar-refractivity contribution is 0.622. The van der Waals surface area contributed by atoms with E-state index in [-0.39, 0.29) is 11.9 Å². The summed E-state index contributed by atoms with van der Waals surface area (Å²) in [6.45, 7) is 2.05. The van der Waals surface area contributed by atoms with E-state index in [0.717, 1.165) is 14.9 Å². The van der Waals surface area contributed by atoms with Crippen LogP contribution in [-0.2, 0) is 6.42 Å². The number of nitrogens with two attached hydrogens (primary N) is 1. The van der Waals surface area contributed by atoms with Crippen LogP contribution in [0.25, 0.3) is 0 Å². The third-order valence-electron chi connectivity index (χ3n) is 2.52. The van der Waals surface area contributed by atoms with Crippen molar-refractivity contribution in [2.24, 2.45) is 5.73 Å². The van der Waals surface area contributed by atoms with Crippen LogP contribution in [0.4, 0.5) is 4.39 Å². The highest BCUT2D eigenvalue weighted by molar-refractivity contribution is 9.10. The van der Waals surface area contributed by atoms with E-state index in [1.165, 1.54) is 17.0 Å². The second-order valence-electron chi connectivity index (χ2n) is 4.01. The summed E-state index contributed by atoms with van der Waals surface area (Å²) in [4.78, 5) is 2.34. The molecule has 1 atom stereocenters. The summed E-state index contributed by atoms with van der Waals surface area (Å²) in [7, 11) is 0. The van der Waals surface area contributed by atoms with Gasteiger partial charge in [0.2, 0.25) is 0 Å². The van der Waals surface area contributed by atoms with Crippen LogP contribution in [0, 0.1) is 12.7 Å². The normalized spacial score (nSPS) is 12.7. The molecule has 1 aromatic heterocycles. The molecular formula is C13H13BrFNS. The van der Waals surface area contributed by atoms with Crippen molar-refractivity contribution in [3.63, 3.8) is 0 Å². The minimum absolute atomic E-state index is 0.0927. The quantitative estimate of drug-likeness (QED) is 0.903. The van der Waals surface area contributed by atoms with Gasteiger partial charge in [-0.25, -0.2) is 4.39 Å². The maximum Gasteiger partial charge on any atom is 0.123 e. The zero-order chi connectivity index (χ0) is 12.4. The van der Waals surface area contributed by atoms with Crippen molar-refractivity contribution >= 4 is 27.3 Å². The van der Waals surface area contributed by atoms with Gasteiger partial charge in [0.25, 0.3) is 0 Å². The van der Waals surface area contributed by atoms with Crippen molar-refractivity contribution in [2.45, 2.75) is 19.4 Å². The molecule has 0 aliphatic heterocycles. The van der Waals surface area contributed by atoms with E-state index in [0.29, 0.717) is 6.42 Å². The highest BCUT2D eigenvalue weighted by Gasteiger charge is 2.13. The van der Waals surface area contributed by atoms with Crippen molar-refractivity contribution in [1.29, 1.82) is 0 Å². The zero-order valence-electron chi connectivity index (χ0n) is 9.41. The second kappa shape index (κ2) is 5.29. The van der Waals surface area contributed by atoms with Crippen LogP contribution in [0.15, 0.2) is 34.8 Å². The Morgan fingerprint density at radius 3 is 2.76 bits per heavy atom. The molecule has 1 heterocycles. The summed E-state index contributed by atoms with van der Waals surface area (Å²) in [5.74, 6) is -0.212. The third kappa shape index (κ3) is 3.15. The van der Waals surface area contributed by atoms with Gasteiger partial charge in [-0.2, -0.15) is 0 Å². The zero-order valence-corrected chi connectivity index (χ0v) is 11.8. The van der Waals surface area contributed by atoms with Gasteiger partial charge in [-0.1, -0.05) is 12.1 Å². The summed E-state index contributed by atoms with van der Waals surface area (Å²) >= 11 is 5.18. The summed E-state index contributed by atoms with van der Waals surface area (Å²) in [5.41, 5.74) is 7.08. The summed E-state index contributed by atoms with van der Waals surface area (Å²) in [5, 5.41) is 0. The number of hydrogen-bond donors (Lipinski definition) is 1. The summed E-state index contributed by atoms with van der Waals surface area (Å²) in [6.07, 6.45) is 0.649. The molecule has 1 nitrogen and oxygen atoms in total. The largest absolute Gasteiger partial charge is 0.323 e. The molecule has 0 saturated carbocycles. The lowest BCUT2D eigenvalue weighted by atomic mass is 10.1. The number of hydrogen-bond acceptors (Lipinski definition) is 2. The fraction of sp³-hybridized carbons (Fsp3) is 0.231. The van der Waals surface area contributed by atoms with Crippen molar-refractivity contribution in [2.75, 3.05) is 0 Å². The van der Waals surface area contributed by atoms with Gasteiger partial charge in [-0.15, -0.1) is 11.3 Å². The number of thiophene rings is 1. The smallest absolute Gasteiger partial charge is 0.123 e. The Hall–Kier alpha value is -0.710. The van der Waals surface area contributed by atoms with Crippen LogP contribution < -0.4 is 5.73 Å². The molecular weight excluding hydrogens is 301 g/mol. The third-order valence-corrected chi connectivity index (χ3v) is 4.62. The van der Waals surface area contributed by atoms with Crippen molar-refractivity contribution in [3.8, 4) is 0 Å². The first-order valence-electron chi connectivity index (χ1n) is 5.32. The van der Waals surface area contributed by atoms with Crippen molar-refractivity contribution < 1.29 is 4.39 Å². The van der Waals surface area contributed by atoms with Gasteiger partial charge in [0.05, 0.1) is 0 Å². The van der Waals surface area contributed by atoms with Crippen molar-refractivity contribution in [3.05, 3.63) is 55.9 Å². The minimum Gasteiger partial charge on any atom is -0.323 e. The van der Waals surface area contributed by atoms with Crippen LogP contribution >= 0.6 is 27.3 Å². The van der Waals surface area contributed by atoms with E-state index in [1.807, 2.05) is 13.0 Å². The monoisotopic (exact) mass is 313 g/mol. The highest BCUT2D eigenvalue weighted by Crippen LogP contribution is 2.32. The van der Waals surface area contributed by atoms with Gasteiger partial charge in [-0.3, -0.25) is 0 Å². The summed E-state index contributed by atoms with van der Waals surface area (Å²) in [6, 6.07) is 8.56. The van der Waals surface area contributed by atoms with Gasteiger partial charge in [0.1, 0.15) is 5.82 Å². The Bertz CT molecular complexity index is 524. The van der Waals surface area contributed by atoms with Gasteiger partial charge in [0, 0.05) is 20.3 Å². The van der Waals surface area contributed by atoms with Crippen LogP contribution in [0.2, 0.25) is 0 Å². The molecule has 2 aromatic rings. The molecule has 90 valence electrons. The van der Waals surface area contributed by atoms with Gasteiger partial charge in [-0.05, 0) is 53.0 Å². The lowest BCUT2D eigenvalue weighted by Crippen LogP contribution is -2.12. The van der Waals surface area contributed by atoms with E-state index in [2.05, 4.69) is 22.0 Å². The average Bonchev–Trinajstić information content (AvgIpc) is 2.58. The molecule has 1 unspecified atom stereocenters. The highest BCUT2D eigenvalue weighted by atomic mass is 79.9. The van der Waals surface area contributed by atoms with Gasteiger partial charge in [0.15, 0.2) is 0 Å². The second-order valence-corrected chi connectivity index (χ2v) is 6.15.